The average Bonchev–Trinajstić information content (AvgIpc) is 3.11. The first-order valence-corrected chi connectivity index (χ1v) is 7.13. The summed E-state index contributed by atoms with van der Waals surface area (Å²) >= 11 is 0. The van der Waals surface area contributed by atoms with Crippen molar-refractivity contribution in [1.29, 1.82) is 0 Å². The van der Waals surface area contributed by atoms with E-state index < -0.39 is 23.9 Å². The number of benzene rings is 1. The van der Waals surface area contributed by atoms with Crippen LogP contribution in [0.15, 0.2) is 59.2 Å². The average molecular weight is 328 g/mol. The van der Waals surface area contributed by atoms with Crippen molar-refractivity contribution >= 4 is 23.9 Å². The first-order chi connectivity index (χ1) is 11.6. The van der Waals surface area contributed by atoms with E-state index in [9.17, 15) is 14.4 Å². The molecule has 1 heterocycles. The van der Waals surface area contributed by atoms with Gasteiger partial charge in [0.25, 0.3) is 11.8 Å². The molecular formula is C17H16N2O5. The van der Waals surface area contributed by atoms with Crippen LogP contribution in [0.25, 0.3) is 6.08 Å². The van der Waals surface area contributed by atoms with Crippen LogP contribution in [0.2, 0.25) is 0 Å². The van der Waals surface area contributed by atoms with Crippen molar-refractivity contribution in [2.45, 2.75) is 13.0 Å². The number of nitrogens with one attached hydrogen (secondary N) is 2. The van der Waals surface area contributed by atoms with Gasteiger partial charge < -0.3 is 9.15 Å². The van der Waals surface area contributed by atoms with Gasteiger partial charge in [-0.2, -0.15) is 0 Å². The monoisotopic (exact) mass is 328 g/mol. The predicted molar refractivity (Wildman–Crippen MR) is 85.3 cm³/mol. The van der Waals surface area contributed by atoms with Crippen molar-refractivity contribution in [1.82, 2.24) is 10.9 Å². The van der Waals surface area contributed by atoms with Gasteiger partial charge in [-0.3, -0.25) is 20.4 Å². The molecule has 2 aromatic rings. The molecule has 0 unspecified atom stereocenters. The SMILES string of the molecule is C[C@@H](OC(=O)/C=C/c1ccco1)C(=O)NNC(=O)c1ccccc1. The molecule has 2 amide bonds. The summed E-state index contributed by atoms with van der Waals surface area (Å²) in [7, 11) is 0. The summed E-state index contributed by atoms with van der Waals surface area (Å²) in [5, 5.41) is 0. The fourth-order valence-corrected chi connectivity index (χ4v) is 1.68. The number of hydrogen-bond acceptors (Lipinski definition) is 5. The molecule has 0 radical (unpaired) electrons. The smallest absolute Gasteiger partial charge is 0.331 e. The second-order valence-electron chi connectivity index (χ2n) is 4.74. The molecule has 124 valence electrons. The standard InChI is InChI=1S/C17H16N2O5/c1-12(24-15(20)10-9-14-8-5-11-23-14)16(21)18-19-17(22)13-6-3-2-4-7-13/h2-12H,1H3,(H,18,21)(H,19,22)/b10-9+/t12-/m1/s1. The molecule has 0 saturated carbocycles. The Morgan fingerprint density at radius 3 is 2.50 bits per heavy atom. The first-order valence-electron chi connectivity index (χ1n) is 7.13. The molecule has 1 aromatic carbocycles. The summed E-state index contributed by atoms with van der Waals surface area (Å²) in [6.07, 6.45) is 2.96. The highest BCUT2D eigenvalue weighted by atomic mass is 16.5. The van der Waals surface area contributed by atoms with Crippen LogP contribution in [0.4, 0.5) is 0 Å². The fourth-order valence-electron chi connectivity index (χ4n) is 1.68. The lowest BCUT2D eigenvalue weighted by atomic mass is 10.2. The Bertz CT molecular complexity index is 723. The third-order valence-electron chi connectivity index (χ3n) is 2.92. The minimum absolute atomic E-state index is 0.392. The van der Waals surface area contributed by atoms with Crippen LogP contribution in [-0.2, 0) is 14.3 Å². The Hall–Kier alpha value is -3.35. The van der Waals surface area contributed by atoms with Crippen molar-refractivity contribution < 1.29 is 23.5 Å². The third kappa shape index (κ3) is 5.13. The van der Waals surface area contributed by atoms with Crippen LogP contribution in [0.5, 0.6) is 0 Å². The summed E-state index contributed by atoms with van der Waals surface area (Å²) in [5.74, 6) is -1.35. The number of rotatable bonds is 5. The first kappa shape index (κ1) is 17.0. The summed E-state index contributed by atoms with van der Waals surface area (Å²) in [5.41, 5.74) is 4.83. The Kier molecular flexibility index (Phi) is 5.90. The molecule has 0 aliphatic rings. The van der Waals surface area contributed by atoms with E-state index in [1.54, 1.807) is 42.5 Å². The minimum atomic E-state index is -1.07. The number of ether oxygens (including phenoxy) is 1. The van der Waals surface area contributed by atoms with Crippen LogP contribution in [0.3, 0.4) is 0 Å². The molecule has 2 N–H and O–H groups in total. The molecule has 0 fully saturated rings. The molecule has 7 nitrogen and oxygen atoms in total. The highest BCUT2D eigenvalue weighted by Gasteiger charge is 2.17. The van der Waals surface area contributed by atoms with Crippen molar-refractivity contribution in [3.05, 3.63) is 66.1 Å². The summed E-state index contributed by atoms with van der Waals surface area (Å²) in [6, 6.07) is 11.7. The summed E-state index contributed by atoms with van der Waals surface area (Å²) in [4.78, 5) is 35.2. The van der Waals surface area contributed by atoms with Crippen LogP contribution in [0.1, 0.15) is 23.0 Å². The van der Waals surface area contributed by atoms with E-state index in [1.165, 1.54) is 19.3 Å². The molecule has 1 atom stereocenters. The molecule has 0 bridgehead atoms. The lowest BCUT2D eigenvalue weighted by molar-refractivity contribution is -0.150. The Morgan fingerprint density at radius 2 is 1.83 bits per heavy atom. The minimum Gasteiger partial charge on any atom is -0.465 e. The number of hydrogen-bond donors (Lipinski definition) is 2. The lowest BCUT2D eigenvalue weighted by Crippen LogP contribution is -2.46. The van der Waals surface area contributed by atoms with Crippen molar-refractivity contribution in [2.24, 2.45) is 0 Å². The Balaban J connectivity index is 1.77. The molecule has 0 spiro atoms. The van der Waals surface area contributed by atoms with Gasteiger partial charge in [0.2, 0.25) is 0 Å². The molecule has 2 rings (SSSR count). The zero-order valence-corrected chi connectivity index (χ0v) is 12.9. The lowest BCUT2D eigenvalue weighted by Gasteiger charge is -2.13. The van der Waals surface area contributed by atoms with E-state index in [4.69, 9.17) is 9.15 Å². The second kappa shape index (κ2) is 8.33. The summed E-state index contributed by atoms with van der Waals surface area (Å²) in [6.45, 7) is 1.39. The quantitative estimate of drug-likeness (QED) is 0.494. The van der Waals surface area contributed by atoms with Crippen LogP contribution >= 0.6 is 0 Å². The van der Waals surface area contributed by atoms with E-state index >= 15 is 0 Å². The normalized spacial score (nSPS) is 11.7. The van der Waals surface area contributed by atoms with Crippen molar-refractivity contribution in [3.8, 4) is 0 Å². The van der Waals surface area contributed by atoms with Gasteiger partial charge in [0.1, 0.15) is 5.76 Å². The number of carbonyl (C=O) groups excluding carboxylic acids is 3. The van der Waals surface area contributed by atoms with Gasteiger partial charge in [-0.1, -0.05) is 18.2 Å². The molecule has 1 aromatic heterocycles. The maximum Gasteiger partial charge on any atom is 0.331 e. The van der Waals surface area contributed by atoms with E-state index in [0.717, 1.165) is 6.08 Å². The number of furan rings is 1. The van der Waals surface area contributed by atoms with Crippen molar-refractivity contribution in [3.63, 3.8) is 0 Å². The van der Waals surface area contributed by atoms with Gasteiger partial charge in [-0.25, -0.2) is 4.79 Å². The molecule has 0 aliphatic carbocycles. The third-order valence-corrected chi connectivity index (χ3v) is 2.92. The molecule has 7 heteroatoms. The van der Waals surface area contributed by atoms with Gasteiger partial charge in [-0.15, -0.1) is 0 Å². The molecule has 24 heavy (non-hydrogen) atoms. The van der Waals surface area contributed by atoms with Gasteiger partial charge in [0.15, 0.2) is 6.10 Å². The van der Waals surface area contributed by atoms with Gasteiger partial charge in [-0.05, 0) is 37.3 Å². The highest BCUT2D eigenvalue weighted by Crippen LogP contribution is 2.03. The maximum absolute atomic E-state index is 11.8. The van der Waals surface area contributed by atoms with E-state index in [2.05, 4.69) is 10.9 Å². The number of hydrazine groups is 1. The highest BCUT2D eigenvalue weighted by molar-refractivity contribution is 5.96. The maximum atomic E-state index is 11.8. The van der Waals surface area contributed by atoms with E-state index in [1.807, 2.05) is 0 Å². The van der Waals surface area contributed by atoms with E-state index in [0.29, 0.717) is 11.3 Å². The van der Waals surface area contributed by atoms with E-state index in [-0.39, 0.29) is 0 Å². The fraction of sp³-hybridized carbons (Fsp3) is 0.118. The zero-order valence-electron chi connectivity index (χ0n) is 12.9. The van der Waals surface area contributed by atoms with Crippen LogP contribution in [0, 0.1) is 0 Å². The Labute approximate surface area is 138 Å². The topological polar surface area (TPSA) is 97.6 Å². The zero-order chi connectivity index (χ0) is 17.4. The summed E-state index contributed by atoms with van der Waals surface area (Å²) < 4.78 is 9.94. The second-order valence-corrected chi connectivity index (χ2v) is 4.74. The van der Waals surface area contributed by atoms with Gasteiger partial charge in [0.05, 0.1) is 6.26 Å². The predicted octanol–water partition coefficient (Wildman–Crippen LogP) is 1.69. The number of amides is 2. The largest absolute Gasteiger partial charge is 0.465 e. The van der Waals surface area contributed by atoms with Gasteiger partial charge >= 0.3 is 5.97 Å². The van der Waals surface area contributed by atoms with Crippen LogP contribution in [-0.4, -0.2) is 23.9 Å². The molecular weight excluding hydrogens is 312 g/mol. The van der Waals surface area contributed by atoms with Crippen LogP contribution < -0.4 is 10.9 Å². The molecule has 0 saturated heterocycles. The molecule has 0 aliphatic heterocycles. The van der Waals surface area contributed by atoms with Gasteiger partial charge in [0, 0.05) is 11.6 Å². The Morgan fingerprint density at radius 1 is 1.08 bits per heavy atom. The number of esters is 1. The van der Waals surface area contributed by atoms with Crippen molar-refractivity contribution in [2.75, 3.05) is 0 Å². The number of carbonyl (C=O) groups is 3.